The molecule has 1 heterocycles. The minimum atomic E-state index is 1.13. The first kappa shape index (κ1) is 18.3. The Morgan fingerprint density at radius 1 is 0.484 bits per heavy atom. The number of benzene rings is 5. The molecule has 0 N–H and O–H groups in total. The summed E-state index contributed by atoms with van der Waals surface area (Å²) in [5.41, 5.74) is 4.88. The van der Waals surface area contributed by atoms with Gasteiger partial charge in [-0.2, -0.15) is 0 Å². The van der Waals surface area contributed by atoms with Gasteiger partial charge in [-0.1, -0.05) is 91.0 Å². The fraction of sp³-hybridized carbons (Fsp3) is 0. The van der Waals surface area contributed by atoms with Gasteiger partial charge in [0.15, 0.2) is 0 Å². The molecular weight excluding hydrogens is 442 g/mol. The van der Waals surface area contributed by atoms with E-state index in [0.717, 1.165) is 10.0 Å². The fourth-order valence-corrected chi connectivity index (χ4v) is 5.35. The van der Waals surface area contributed by atoms with Crippen LogP contribution in [0.25, 0.3) is 54.6 Å². The molecule has 0 aliphatic heterocycles. The van der Waals surface area contributed by atoms with Crippen LogP contribution in [0, 0.1) is 0 Å². The van der Waals surface area contributed by atoms with E-state index in [1.807, 2.05) is 18.5 Å². The largest absolute Gasteiger partial charge is 0.264 e. The summed E-state index contributed by atoms with van der Waals surface area (Å²) in [6.45, 7) is 0. The molecule has 1 nitrogen and oxygen atoms in total. The van der Waals surface area contributed by atoms with Gasteiger partial charge in [-0.15, -0.1) is 0 Å². The molecule has 146 valence electrons. The van der Waals surface area contributed by atoms with Crippen molar-refractivity contribution in [2.45, 2.75) is 0 Å². The molecule has 0 atom stereocenters. The van der Waals surface area contributed by atoms with Crippen LogP contribution in [0.4, 0.5) is 0 Å². The second-order valence-electron chi connectivity index (χ2n) is 7.73. The van der Waals surface area contributed by atoms with Crippen LogP contribution in [-0.2, 0) is 0 Å². The lowest BCUT2D eigenvalue weighted by atomic mass is 9.87. The Balaban J connectivity index is 1.77. The quantitative estimate of drug-likeness (QED) is 0.236. The summed E-state index contributed by atoms with van der Waals surface area (Å²) in [6.07, 6.45) is 3.76. The lowest BCUT2D eigenvalue weighted by molar-refractivity contribution is 1.33. The van der Waals surface area contributed by atoms with Crippen molar-refractivity contribution in [1.29, 1.82) is 0 Å². The van der Waals surface area contributed by atoms with Gasteiger partial charge in [0, 0.05) is 22.4 Å². The molecule has 5 aromatic carbocycles. The molecule has 0 spiro atoms. The monoisotopic (exact) mass is 459 g/mol. The van der Waals surface area contributed by atoms with Crippen LogP contribution >= 0.6 is 15.9 Å². The number of hydrogen-bond acceptors (Lipinski definition) is 1. The Morgan fingerprint density at radius 2 is 1.00 bits per heavy atom. The molecular formula is C29H18BrN. The summed E-state index contributed by atoms with van der Waals surface area (Å²) < 4.78 is 1.15. The van der Waals surface area contributed by atoms with Gasteiger partial charge >= 0.3 is 0 Å². The average molecular weight is 460 g/mol. The van der Waals surface area contributed by atoms with Gasteiger partial charge in [0.25, 0.3) is 0 Å². The minimum Gasteiger partial charge on any atom is -0.264 e. The molecule has 0 saturated carbocycles. The first-order chi connectivity index (χ1) is 15.3. The van der Waals surface area contributed by atoms with Crippen molar-refractivity contribution < 1.29 is 0 Å². The van der Waals surface area contributed by atoms with Crippen LogP contribution in [0.1, 0.15) is 0 Å². The number of hydrogen-bond donors (Lipinski definition) is 0. The van der Waals surface area contributed by atoms with E-state index in [1.165, 1.54) is 49.0 Å². The highest BCUT2D eigenvalue weighted by molar-refractivity contribution is 9.10. The maximum atomic E-state index is 4.33. The number of halogens is 1. The minimum absolute atomic E-state index is 1.13. The van der Waals surface area contributed by atoms with E-state index in [4.69, 9.17) is 0 Å². The summed E-state index contributed by atoms with van der Waals surface area (Å²) in [7, 11) is 0. The van der Waals surface area contributed by atoms with Gasteiger partial charge in [0.2, 0.25) is 0 Å². The van der Waals surface area contributed by atoms with E-state index in [9.17, 15) is 0 Å². The smallest absolute Gasteiger partial charge is 0.0346 e. The summed E-state index contributed by atoms with van der Waals surface area (Å²) in [5, 5.41) is 7.47. The highest BCUT2D eigenvalue weighted by Crippen LogP contribution is 2.44. The second-order valence-corrected chi connectivity index (χ2v) is 8.52. The Hall–Kier alpha value is -3.49. The van der Waals surface area contributed by atoms with E-state index < -0.39 is 0 Å². The average Bonchev–Trinajstić information content (AvgIpc) is 2.85. The Morgan fingerprint density at radius 3 is 1.58 bits per heavy atom. The zero-order valence-corrected chi connectivity index (χ0v) is 18.3. The van der Waals surface area contributed by atoms with E-state index in [1.54, 1.807) is 0 Å². The van der Waals surface area contributed by atoms with Crippen LogP contribution in [0.5, 0.6) is 0 Å². The standard InChI is InChI=1S/C29H18BrN/c30-29-26-13-5-3-11-23(26)28(24-12-4-6-14-27(24)29)25-16-15-20(19-8-7-17-31-18-19)21-9-1-2-10-22(21)25/h1-18H. The van der Waals surface area contributed by atoms with E-state index in [2.05, 4.69) is 112 Å². The van der Waals surface area contributed by atoms with Crippen molar-refractivity contribution in [1.82, 2.24) is 4.98 Å². The molecule has 1 aromatic heterocycles. The van der Waals surface area contributed by atoms with Gasteiger partial charge in [-0.3, -0.25) is 4.98 Å². The van der Waals surface area contributed by atoms with Crippen molar-refractivity contribution in [3.63, 3.8) is 0 Å². The summed E-state index contributed by atoms with van der Waals surface area (Å²) >= 11 is 3.87. The van der Waals surface area contributed by atoms with Crippen molar-refractivity contribution in [2.75, 3.05) is 0 Å². The highest BCUT2D eigenvalue weighted by atomic mass is 79.9. The number of nitrogens with zero attached hydrogens (tertiary/aromatic N) is 1. The molecule has 6 aromatic rings. The zero-order valence-electron chi connectivity index (χ0n) is 16.7. The Bertz CT molecular complexity index is 1530. The first-order valence-corrected chi connectivity index (χ1v) is 11.1. The SMILES string of the molecule is Brc1c2ccccc2c(-c2ccc(-c3cccnc3)c3ccccc23)c2ccccc12. The van der Waals surface area contributed by atoms with Gasteiger partial charge in [0.1, 0.15) is 0 Å². The molecule has 2 heteroatoms. The first-order valence-electron chi connectivity index (χ1n) is 10.3. The lowest BCUT2D eigenvalue weighted by Crippen LogP contribution is -1.90. The predicted molar refractivity (Wildman–Crippen MR) is 135 cm³/mol. The Labute approximate surface area is 189 Å². The maximum absolute atomic E-state index is 4.33. The third-order valence-electron chi connectivity index (χ3n) is 6.03. The number of pyridine rings is 1. The molecule has 0 unspecified atom stereocenters. The normalized spacial score (nSPS) is 11.4. The summed E-state index contributed by atoms with van der Waals surface area (Å²) in [4.78, 5) is 4.33. The number of rotatable bonds is 2. The third-order valence-corrected chi connectivity index (χ3v) is 6.89. The Kier molecular flexibility index (Phi) is 4.33. The van der Waals surface area contributed by atoms with Crippen molar-refractivity contribution in [2.24, 2.45) is 0 Å². The summed E-state index contributed by atoms with van der Waals surface area (Å²) in [5.74, 6) is 0. The van der Waals surface area contributed by atoms with Crippen LogP contribution in [0.3, 0.4) is 0 Å². The third kappa shape index (κ3) is 2.87. The number of aromatic nitrogens is 1. The van der Waals surface area contributed by atoms with Crippen LogP contribution in [0.2, 0.25) is 0 Å². The fourth-order valence-electron chi connectivity index (χ4n) is 4.66. The molecule has 0 amide bonds. The van der Waals surface area contributed by atoms with E-state index in [-0.39, 0.29) is 0 Å². The highest BCUT2D eigenvalue weighted by Gasteiger charge is 2.16. The second kappa shape index (κ2) is 7.33. The zero-order chi connectivity index (χ0) is 20.8. The van der Waals surface area contributed by atoms with Gasteiger partial charge < -0.3 is 0 Å². The lowest BCUT2D eigenvalue weighted by Gasteiger charge is -2.17. The number of fused-ring (bicyclic) bond motifs is 3. The van der Waals surface area contributed by atoms with Crippen LogP contribution in [-0.4, -0.2) is 4.98 Å². The molecule has 0 bridgehead atoms. The molecule has 0 aliphatic rings. The summed E-state index contributed by atoms with van der Waals surface area (Å²) in [6, 6.07) is 34.6. The van der Waals surface area contributed by atoms with Crippen molar-refractivity contribution in [3.8, 4) is 22.3 Å². The van der Waals surface area contributed by atoms with Gasteiger partial charge in [0.05, 0.1) is 0 Å². The van der Waals surface area contributed by atoms with Gasteiger partial charge in [-0.05, 0) is 71.0 Å². The van der Waals surface area contributed by atoms with Crippen LogP contribution < -0.4 is 0 Å². The predicted octanol–water partition coefficient (Wildman–Crippen LogP) is 8.64. The van der Waals surface area contributed by atoms with Gasteiger partial charge in [-0.25, -0.2) is 0 Å². The van der Waals surface area contributed by atoms with Crippen LogP contribution in [0.15, 0.2) is 114 Å². The topological polar surface area (TPSA) is 12.9 Å². The molecule has 6 rings (SSSR count). The van der Waals surface area contributed by atoms with Crippen molar-refractivity contribution in [3.05, 3.63) is 114 Å². The van der Waals surface area contributed by atoms with Crippen molar-refractivity contribution >= 4 is 48.2 Å². The van der Waals surface area contributed by atoms with E-state index in [0.29, 0.717) is 0 Å². The molecule has 0 radical (unpaired) electrons. The molecule has 31 heavy (non-hydrogen) atoms. The van der Waals surface area contributed by atoms with E-state index >= 15 is 0 Å². The maximum Gasteiger partial charge on any atom is 0.0346 e. The molecule has 0 fully saturated rings. The molecule has 0 aliphatic carbocycles. The molecule has 0 saturated heterocycles.